The Morgan fingerprint density at radius 3 is 2.20 bits per heavy atom. The zero-order valence-electron chi connectivity index (χ0n) is 13.4. The van der Waals surface area contributed by atoms with Gasteiger partial charge in [-0.25, -0.2) is 17.9 Å². The summed E-state index contributed by atoms with van der Waals surface area (Å²) in [6.07, 6.45) is 0. The molecule has 0 aliphatic rings. The van der Waals surface area contributed by atoms with Gasteiger partial charge < -0.3 is 0 Å². The number of benzene rings is 3. The van der Waals surface area contributed by atoms with Crippen LogP contribution in [-0.2, 0) is 10.0 Å². The van der Waals surface area contributed by atoms with Gasteiger partial charge in [-0.15, -0.1) is 12.6 Å². The summed E-state index contributed by atoms with van der Waals surface area (Å²) < 4.78 is 36.7. The second-order valence-electron chi connectivity index (χ2n) is 5.79. The van der Waals surface area contributed by atoms with E-state index < -0.39 is 20.7 Å². The standard InChI is InChI=1S/C19H16FNO2S2/c1-12-3-2-4-15(9-12)16-7-5-14(11-18(16)24)13-6-8-19(17(20)10-13)25(21,22)23/h2-11,24H,1H3,(H2,21,22,23). The first-order valence-corrected chi connectivity index (χ1v) is 9.48. The highest BCUT2D eigenvalue weighted by Crippen LogP contribution is 2.32. The van der Waals surface area contributed by atoms with E-state index in [0.717, 1.165) is 33.2 Å². The summed E-state index contributed by atoms with van der Waals surface area (Å²) >= 11 is 4.55. The second-order valence-corrected chi connectivity index (χ2v) is 7.80. The molecule has 0 saturated heterocycles. The molecule has 3 nitrogen and oxygen atoms in total. The van der Waals surface area contributed by atoms with E-state index in [1.807, 2.05) is 43.3 Å². The molecule has 0 amide bonds. The van der Waals surface area contributed by atoms with Gasteiger partial charge in [-0.1, -0.05) is 48.0 Å². The Bertz CT molecular complexity index is 1060. The monoisotopic (exact) mass is 373 g/mol. The van der Waals surface area contributed by atoms with Crippen LogP contribution >= 0.6 is 12.6 Å². The Balaban J connectivity index is 2.03. The van der Waals surface area contributed by atoms with Crippen molar-refractivity contribution in [1.82, 2.24) is 0 Å². The van der Waals surface area contributed by atoms with Crippen molar-refractivity contribution in [2.75, 3.05) is 0 Å². The quantitative estimate of drug-likeness (QED) is 0.668. The maximum Gasteiger partial charge on any atom is 0.240 e. The number of nitrogens with two attached hydrogens (primary N) is 1. The summed E-state index contributed by atoms with van der Waals surface area (Å²) in [6, 6.07) is 17.5. The third-order valence-corrected chi connectivity index (χ3v) is 5.21. The fourth-order valence-corrected chi connectivity index (χ4v) is 3.61. The number of rotatable bonds is 3. The van der Waals surface area contributed by atoms with Gasteiger partial charge in [0, 0.05) is 4.90 Å². The van der Waals surface area contributed by atoms with Crippen LogP contribution in [0.15, 0.2) is 70.5 Å². The molecule has 0 unspecified atom stereocenters. The predicted molar refractivity (Wildman–Crippen MR) is 101 cm³/mol. The number of hydrogen-bond donors (Lipinski definition) is 2. The molecule has 0 radical (unpaired) electrons. The molecule has 0 bridgehead atoms. The average Bonchev–Trinajstić information content (AvgIpc) is 2.53. The lowest BCUT2D eigenvalue weighted by atomic mass is 9.99. The molecule has 25 heavy (non-hydrogen) atoms. The van der Waals surface area contributed by atoms with Crippen molar-refractivity contribution >= 4 is 22.7 Å². The van der Waals surface area contributed by atoms with Crippen LogP contribution in [0.1, 0.15) is 5.56 Å². The highest BCUT2D eigenvalue weighted by Gasteiger charge is 2.15. The Morgan fingerprint density at radius 1 is 0.920 bits per heavy atom. The Kier molecular flexibility index (Phi) is 4.69. The minimum absolute atomic E-state index is 0.515. The molecule has 0 aromatic heterocycles. The summed E-state index contributed by atoms with van der Waals surface area (Å²) in [5.41, 5.74) is 4.46. The van der Waals surface area contributed by atoms with Crippen molar-refractivity contribution < 1.29 is 12.8 Å². The third-order valence-electron chi connectivity index (χ3n) is 3.90. The Morgan fingerprint density at radius 2 is 1.60 bits per heavy atom. The second kappa shape index (κ2) is 6.63. The summed E-state index contributed by atoms with van der Waals surface area (Å²) in [5, 5.41) is 4.99. The molecule has 0 fully saturated rings. The van der Waals surface area contributed by atoms with Gasteiger partial charge in [0.15, 0.2) is 0 Å². The van der Waals surface area contributed by atoms with Crippen LogP contribution < -0.4 is 5.14 Å². The fraction of sp³-hybridized carbons (Fsp3) is 0.0526. The molecular formula is C19H16FNO2S2. The van der Waals surface area contributed by atoms with Crippen molar-refractivity contribution in [1.29, 1.82) is 0 Å². The van der Waals surface area contributed by atoms with Crippen molar-refractivity contribution in [2.24, 2.45) is 5.14 Å². The fourth-order valence-electron chi connectivity index (χ4n) is 2.68. The third kappa shape index (κ3) is 3.76. The van der Waals surface area contributed by atoms with E-state index in [1.165, 1.54) is 12.1 Å². The minimum atomic E-state index is -4.08. The van der Waals surface area contributed by atoms with Crippen molar-refractivity contribution in [3.63, 3.8) is 0 Å². The minimum Gasteiger partial charge on any atom is -0.225 e. The van der Waals surface area contributed by atoms with E-state index in [-0.39, 0.29) is 0 Å². The molecule has 2 N–H and O–H groups in total. The van der Waals surface area contributed by atoms with Crippen LogP contribution in [0.5, 0.6) is 0 Å². The number of halogens is 1. The highest BCUT2D eigenvalue weighted by atomic mass is 32.2. The Labute approximate surface area is 151 Å². The first kappa shape index (κ1) is 17.7. The molecule has 6 heteroatoms. The van der Waals surface area contributed by atoms with Gasteiger partial charge in [-0.05, 0) is 47.4 Å². The highest BCUT2D eigenvalue weighted by molar-refractivity contribution is 7.89. The number of thiol groups is 1. The number of aryl methyl sites for hydroxylation is 1. The number of primary sulfonamides is 1. The van der Waals surface area contributed by atoms with E-state index in [9.17, 15) is 12.8 Å². The molecule has 128 valence electrons. The van der Waals surface area contributed by atoms with Gasteiger partial charge in [-0.3, -0.25) is 0 Å². The van der Waals surface area contributed by atoms with Gasteiger partial charge in [0.1, 0.15) is 10.7 Å². The van der Waals surface area contributed by atoms with Crippen LogP contribution in [0.3, 0.4) is 0 Å². The topological polar surface area (TPSA) is 60.2 Å². The van der Waals surface area contributed by atoms with Gasteiger partial charge in [0.05, 0.1) is 0 Å². The normalized spacial score (nSPS) is 11.5. The smallest absolute Gasteiger partial charge is 0.225 e. The maximum absolute atomic E-state index is 14.0. The molecule has 0 heterocycles. The molecule has 0 aliphatic heterocycles. The lowest BCUT2D eigenvalue weighted by Gasteiger charge is -2.10. The van der Waals surface area contributed by atoms with Crippen molar-refractivity contribution in [2.45, 2.75) is 16.7 Å². The van der Waals surface area contributed by atoms with Crippen molar-refractivity contribution in [3.05, 3.63) is 72.0 Å². The van der Waals surface area contributed by atoms with Crippen LogP contribution in [0, 0.1) is 12.7 Å². The van der Waals surface area contributed by atoms with E-state index in [4.69, 9.17) is 5.14 Å². The van der Waals surface area contributed by atoms with Crippen LogP contribution in [0.2, 0.25) is 0 Å². The van der Waals surface area contributed by atoms with Crippen molar-refractivity contribution in [3.8, 4) is 22.3 Å². The summed E-state index contributed by atoms with van der Waals surface area (Å²) in [5.74, 6) is -0.872. The molecule has 3 aromatic rings. The molecule has 0 spiro atoms. The largest absolute Gasteiger partial charge is 0.240 e. The lowest BCUT2D eigenvalue weighted by molar-refractivity contribution is 0.568. The number of hydrogen-bond acceptors (Lipinski definition) is 3. The lowest BCUT2D eigenvalue weighted by Crippen LogP contribution is -2.13. The van der Waals surface area contributed by atoms with E-state index in [2.05, 4.69) is 18.7 Å². The molecule has 3 rings (SSSR count). The SMILES string of the molecule is Cc1cccc(-c2ccc(-c3ccc(S(N)(=O)=O)c(F)c3)cc2S)c1. The van der Waals surface area contributed by atoms with E-state index in [0.29, 0.717) is 5.56 Å². The van der Waals surface area contributed by atoms with Crippen LogP contribution in [-0.4, -0.2) is 8.42 Å². The first-order valence-electron chi connectivity index (χ1n) is 7.48. The summed E-state index contributed by atoms with van der Waals surface area (Å²) in [4.78, 5) is 0.234. The predicted octanol–water partition coefficient (Wildman–Crippen LogP) is 4.40. The van der Waals surface area contributed by atoms with Gasteiger partial charge in [0.2, 0.25) is 10.0 Å². The van der Waals surface area contributed by atoms with Gasteiger partial charge in [0.25, 0.3) is 0 Å². The summed E-state index contributed by atoms with van der Waals surface area (Å²) in [7, 11) is -4.08. The van der Waals surface area contributed by atoms with E-state index >= 15 is 0 Å². The van der Waals surface area contributed by atoms with Gasteiger partial charge >= 0.3 is 0 Å². The number of sulfonamides is 1. The molecule has 0 saturated carbocycles. The Hall–Kier alpha value is -2.15. The summed E-state index contributed by atoms with van der Waals surface area (Å²) in [6.45, 7) is 2.02. The molecule has 0 aliphatic carbocycles. The van der Waals surface area contributed by atoms with Crippen LogP contribution in [0.4, 0.5) is 4.39 Å². The molecular weight excluding hydrogens is 357 g/mol. The molecule has 0 atom stereocenters. The molecule has 3 aromatic carbocycles. The zero-order chi connectivity index (χ0) is 18.2. The van der Waals surface area contributed by atoms with Gasteiger partial charge in [-0.2, -0.15) is 0 Å². The maximum atomic E-state index is 14.0. The van der Waals surface area contributed by atoms with E-state index in [1.54, 1.807) is 0 Å². The van der Waals surface area contributed by atoms with Crippen LogP contribution in [0.25, 0.3) is 22.3 Å². The average molecular weight is 373 g/mol. The zero-order valence-corrected chi connectivity index (χ0v) is 15.1. The first-order chi connectivity index (χ1) is 11.8.